The second-order valence-corrected chi connectivity index (χ2v) is 4.51. The van der Waals surface area contributed by atoms with Gasteiger partial charge in [-0.15, -0.1) is 0 Å². The van der Waals surface area contributed by atoms with Crippen LogP contribution in [0.1, 0.15) is 5.56 Å². The van der Waals surface area contributed by atoms with Gasteiger partial charge >= 0.3 is 0 Å². The molecule has 3 heteroatoms. The largest absolute Gasteiger partial charge is 0.443 e. The van der Waals surface area contributed by atoms with Gasteiger partial charge in [0.25, 0.3) is 0 Å². The molecule has 0 N–H and O–H groups in total. The number of anilines is 2. The first-order chi connectivity index (χ1) is 8.93. The van der Waals surface area contributed by atoms with E-state index in [0.29, 0.717) is 0 Å². The number of rotatable bonds is 1. The zero-order valence-corrected chi connectivity index (χ0v) is 9.84. The van der Waals surface area contributed by atoms with Gasteiger partial charge in [-0.3, -0.25) is 0 Å². The second-order valence-electron chi connectivity index (χ2n) is 4.51. The lowest BCUT2D eigenvalue weighted by molar-refractivity contribution is 0.602. The van der Waals surface area contributed by atoms with E-state index in [9.17, 15) is 0 Å². The van der Waals surface area contributed by atoms with Crippen LogP contribution in [0, 0.1) is 0 Å². The summed E-state index contributed by atoms with van der Waals surface area (Å²) < 4.78 is 5.37. The van der Waals surface area contributed by atoms with Gasteiger partial charge in [0.05, 0.1) is 5.69 Å². The van der Waals surface area contributed by atoms with Gasteiger partial charge in [-0.25, -0.2) is 4.98 Å². The van der Waals surface area contributed by atoms with Gasteiger partial charge in [0.2, 0.25) is 0 Å². The summed E-state index contributed by atoms with van der Waals surface area (Å²) in [7, 11) is 0. The van der Waals surface area contributed by atoms with Crippen LogP contribution in [0.3, 0.4) is 0 Å². The molecule has 0 atom stereocenters. The minimum Gasteiger partial charge on any atom is -0.443 e. The summed E-state index contributed by atoms with van der Waals surface area (Å²) in [5.41, 5.74) is 5.60. The number of fused-ring (bicyclic) bond motifs is 2. The highest BCUT2D eigenvalue weighted by atomic mass is 16.3. The van der Waals surface area contributed by atoms with Gasteiger partial charge in [-0.1, -0.05) is 24.3 Å². The lowest BCUT2D eigenvalue weighted by atomic mass is 10.2. The number of hydrogen-bond acceptors (Lipinski definition) is 3. The van der Waals surface area contributed by atoms with Gasteiger partial charge < -0.3 is 9.32 Å². The molecule has 2 heterocycles. The summed E-state index contributed by atoms with van der Waals surface area (Å²) >= 11 is 0. The minimum atomic E-state index is 0.844. The van der Waals surface area contributed by atoms with Crippen molar-refractivity contribution < 1.29 is 4.42 Å². The van der Waals surface area contributed by atoms with Crippen molar-refractivity contribution in [1.29, 1.82) is 0 Å². The molecule has 1 aliphatic heterocycles. The topological polar surface area (TPSA) is 29.3 Å². The van der Waals surface area contributed by atoms with Crippen LogP contribution >= 0.6 is 0 Å². The first kappa shape index (κ1) is 9.71. The Morgan fingerprint density at radius 2 is 1.89 bits per heavy atom. The lowest BCUT2D eigenvalue weighted by Crippen LogP contribution is -2.13. The Labute approximate surface area is 105 Å². The highest BCUT2D eigenvalue weighted by molar-refractivity contribution is 5.90. The Morgan fingerprint density at radius 3 is 2.89 bits per heavy atom. The van der Waals surface area contributed by atoms with Crippen molar-refractivity contribution in [3.05, 3.63) is 54.4 Å². The van der Waals surface area contributed by atoms with Crippen molar-refractivity contribution in [1.82, 2.24) is 4.98 Å². The van der Waals surface area contributed by atoms with E-state index in [1.807, 2.05) is 12.1 Å². The zero-order valence-electron chi connectivity index (χ0n) is 9.84. The molecule has 1 aromatic heterocycles. The molecular weight excluding hydrogens is 224 g/mol. The zero-order chi connectivity index (χ0) is 11.9. The van der Waals surface area contributed by atoms with Crippen molar-refractivity contribution in [2.75, 3.05) is 11.4 Å². The van der Waals surface area contributed by atoms with Gasteiger partial charge in [-0.05, 0) is 30.2 Å². The summed E-state index contributed by atoms with van der Waals surface area (Å²) in [6, 6.07) is 14.6. The van der Waals surface area contributed by atoms with Gasteiger partial charge in [0.15, 0.2) is 12.0 Å². The fourth-order valence-corrected chi connectivity index (χ4v) is 2.68. The average molecular weight is 236 g/mol. The number of hydrogen-bond donors (Lipinski definition) is 0. The van der Waals surface area contributed by atoms with E-state index >= 15 is 0 Å². The normalized spacial score (nSPS) is 14.1. The van der Waals surface area contributed by atoms with Crippen LogP contribution in [0.5, 0.6) is 0 Å². The Kier molecular flexibility index (Phi) is 1.94. The Balaban J connectivity index is 1.92. The lowest BCUT2D eigenvalue weighted by Gasteiger charge is -2.19. The second kappa shape index (κ2) is 3.60. The molecular formula is C15H12N2O. The molecule has 1 aliphatic rings. The molecule has 88 valence electrons. The summed E-state index contributed by atoms with van der Waals surface area (Å²) in [5.74, 6) is 0. The molecule has 0 fully saturated rings. The van der Waals surface area contributed by atoms with Crippen LogP contribution in [0.25, 0.3) is 11.1 Å². The van der Waals surface area contributed by atoms with Crippen molar-refractivity contribution in [3.8, 4) is 0 Å². The minimum absolute atomic E-state index is 0.844. The molecule has 0 amide bonds. The highest BCUT2D eigenvalue weighted by Gasteiger charge is 2.22. The van der Waals surface area contributed by atoms with Crippen LogP contribution in [0.4, 0.5) is 11.4 Å². The molecule has 0 bridgehead atoms. The Morgan fingerprint density at radius 1 is 1.00 bits per heavy atom. The number of nitrogens with zero attached hydrogens (tertiary/aromatic N) is 2. The van der Waals surface area contributed by atoms with Crippen molar-refractivity contribution in [2.45, 2.75) is 6.42 Å². The molecule has 0 saturated carbocycles. The average Bonchev–Trinajstić information content (AvgIpc) is 3.05. The third kappa shape index (κ3) is 1.27. The standard InChI is InChI=1S/C15H12N2O/c1-2-5-12-11(4-1)8-9-17(12)13-6-3-7-14-15(13)16-10-18-14/h1-7,10H,8-9H2. The fraction of sp³-hybridized carbons (Fsp3) is 0.133. The smallest absolute Gasteiger partial charge is 0.182 e. The number of oxazole rings is 1. The molecule has 0 radical (unpaired) electrons. The third-order valence-corrected chi connectivity index (χ3v) is 3.52. The van der Waals surface area contributed by atoms with Crippen LogP contribution in [0.15, 0.2) is 53.3 Å². The first-order valence-electron chi connectivity index (χ1n) is 6.11. The summed E-state index contributed by atoms with van der Waals surface area (Å²) in [6.45, 7) is 1.01. The van der Waals surface area contributed by atoms with E-state index in [1.165, 1.54) is 17.6 Å². The maximum absolute atomic E-state index is 5.37. The van der Waals surface area contributed by atoms with E-state index in [1.54, 1.807) is 0 Å². The quantitative estimate of drug-likeness (QED) is 0.647. The first-order valence-corrected chi connectivity index (χ1v) is 6.11. The molecule has 18 heavy (non-hydrogen) atoms. The molecule has 0 saturated heterocycles. The van der Waals surface area contributed by atoms with Gasteiger partial charge in [0.1, 0.15) is 5.52 Å². The predicted octanol–water partition coefficient (Wildman–Crippen LogP) is 3.52. The van der Waals surface area contributed by atoms with E-state index in [-0.39, 0.29) is 0 Å². The van der Waals surface area contributed by atoms with Gasteiger partial charge in [-0.2, -0.15) is 0 Å². The molecule has 3 aromatic rings. The summed E-state index contributed by atoms with van der Waals surface area (Å²) in [6.07, 6.45) is 2.60. The SMILES string of the molecule is c1ccc2c(c1)CCN2c1cccc2ocnc12. The van der Waals surface area contributed by atoms with E-state index in [2.05, 4.69) is 40.2 Å². The van der Waals surface area contributed by atoms with Gasteiger partial charge in [0, 0.05) is 12.2 Å². The maximum Gasteiger partial charge on any atom is 0.182 e. The van der Waals surface area contributed by atoms with Crippen molar-refractivity contribution in [3.63, 3.8) is 0 Å². The summed E-state index contributed by atoms with van der Waals surface area (Å²) in [5, 5.41) is 0. The van der Waals surface area contributed by atoms with Crippen LogP contribution in [-0.2, 0) is 6.42 Å². The van der Waals surface area contributed by atoms with Crippen molar-refractivity contribution >= 4 is 22.5 Å². The van der Waals surface area contributed by atoms with E-state index in [4.69, 9.17) is 4.42 Å². The number of aromatic nitrogens is 1. The monoisotopic (exact) mass is 236 g/mol. The Bertz CT molecular complexity index is 717. The molecule has 2 aromatic carbocycles. The van der Waals surface area contributed by atoms with Crippen LogP contribution < -0.4 is 4.90 Å². The summed E-state index contributed by atoms with van der Waals surface area (Å²) in [4.78, 5) is 6.65. The maximum atomic E-state index is 5.37. The predicted molar refractivity (Wildman–Crippen MR) is 71.2 cm³/mol. The van der Waals surface area contributed by atoms with Crippen LogP contribution in [0.2, 0.25) is 0 Å². The molecule has 0 aliphatic carbocycles. The Hall–Kier alpha value is -2.29. The van der Waals surface area contributed by atoms with Crippen molar-refractivity contribution in [2.24, 2.45) is 0 Å². The molecule has 0 unspecified atom stereocenters. The highest BCUT2D eigenvalue weighted by Crippen LogP contribution is 2.37. The molecule has 4 rings (SSSR count). The number of para-hydroxylation sites is 2. The molecule has 0 spiro atoms. The molecule has 3 nitrogen and oxygen atoms in total. The third-order valence-electron chi connectivity index (χ3n) is 3.52. The van der Waals surface area contributed by atoms with E-state index < -0.39 is 0 Å². The number of benzene rings is 2. The van der Waals surface area contributed by atoms with E-state index in [0.717, 1.165) is 29.8 Å². The fourth-order valence-electron chi connectivity index (χ4n) is 2.68. The van der Waals surface area contributed by atoms with Crippen LogP contribution in [-0.4, -0.2) is 11.5 Å².